The molecule has 0 saturated heterocycles. The lowest BCUT2D eigenvalue weighted by Gasteiger charge is -2.26. The smallest absolute Gasteiger partial charge is 0.269 e. The summed E-state index contributed by atoms with van der Waals surface area (Å²) in [5.74, 6) is 0.965. The molecule has 7 heteroatoms. The maximum Gasteiger partial charge on any atom is 0.269 e. The molecule has 2 heterocycles. The number of pyridine rings is 1. The van der Waals surface area contributed by atoms with Gasteiger partial charge in [-0.05, 0) is 66.1 Å². The second kappa shape index (κ2) is 9.03. The fraction of sp³-hybridized carbons (Fsp3) is 0.192. The molecule has 33 heavy (non-hydrogen) atoms. The molecule has 1 aliphatic carbocycles. The normalized spacial score (nSPS) is 15.0. The van der Waals surface area contributed by atoms with Gasteiger partial charge in [-0.1, -0.05) is 24.3 Å². The van der Waals surface area contributed by atoms with Crippen LogP contribution < -0.4 is 15.4 Å². The summed E-state index contributed by atoms with van der Waals surface area (Å²) in [6, 6.07) is 19.5. The van der Waals surface area contributed by atoms with E-state index in [-0.39, 0.29) is 17.9 Å². The largest absolute Gasteiger partial charge is 0.457 e. The van der Waals surface area contributed by atoms with Crippen molar-refractivity contribution in [2.75, 3.05) is 7.05 Å². The Morgan fingerprint density at radius 2 is 1.85 bits per heavy atom. The molecule has 166 valence electrons. The van der Waals surface area contributed by atoms with Gasteiger partial charge in [-0.2, -0.15) is 0 Å². The number of carbonyl (C=O) groups excluding carboxylic acids is 2. The minimum atomic E-state index is -0.261. The molecule has 1 unspecified atom stereocenters. The number of hydrogen-bond acceptors (Lipinski definition) is 5. The molecule has 0 fully saturated rings. The predicted octanol–water partition coefficient (Wildman–Crippen LogP) is 4.74. The lowest BCUT2D eigenvalue weighted by molar-refractivity contribution is 0.0935. The van der Waals surface area contributed by atoms with Crippen LogP contribution >= 0.6 is 11.3 Å². The van der Waals surface area contributed by atoms with Crippen molar-refractivity contribution in [2.24, 2.45) is 0 Å². The van der Waals surface area contributed by atoms with Gasteiger partial charge in [0.1, 0.15) is 17.2 Å². The van der Waals surface area contributed by atoms with E-state index in [1.165, 1.54) is 22.5 Å². The third-order valence-electron chi connectivity index (χ3n) is 5.82. The lowest BCUT2D eigenvalue weighted by atomic mass is 9.88. The first-order valence-corrected chi connectivity index (χ1v) is 11.7. The third-order valence-corrected chi connectivity index (χ3v) is 6.93. The van der Waals surface area contributed by atoms with Crippen LogP contribution in [0.25, 0.3) is 10.1 Å². The number of benzene rings is 2. The number of thiophene rings is 1. The SMILES string of the molecule is CNC(=O)c1cc(Oc2ccc3c(c2)CC(NC(=O)c2cc4ccccc4s2)CC3)ccn1. The molecule has 0 aliphatic heterocycles. The van der Waals surface area contributed by atoms with Gasteiger partial charge in [0.15, 0.2) is 0 Å². The highest BCUT2D eigenvalue weighted by Crippen LogP contribution is 2.30. The zero-order valence-corrected chi connectivity index (χ0v) is 18.9. The van der Waals surface area contributed by atoms with Crippen molar-refractivity contribution in [1.82, 2.24) is 15.6 Å². The average Bonchev–Trinajstić information content (AvgIpc) is 3.28. The summed E-state index contributed by atoms with van der Waals surface area (Å²) in [5, 5.41) is 6.87. The molecule has 2 N–H and O–H groups in total. The van der Waals surface area contributed by atoms with E-state index in [4.69, 9.17) is 4.74 Å². The molecule has 0 saturated carbocycles. The summed E-state index contributed by atoms with van der Waals surface area (Å²) >= 11 is 1.52. The fourth-order valence-electron chi connectivity index (χ4n) is 4.13. The first-order chi connectivity index (χ1) is 16.1. The van der Waals surface area contributed by atoms with Crippen LogP contribution in [0, 0.1) is 0 Å². The van der Waals surface area contributed by atoms with E-state index in [1.54, 1.807) is 25.4 Å². The quantitative estimate of drug-likeness (QED) is 0.454. The number of nitrogens with one attached hydrogen (secondary N) is 2. The van der Waals surface area contributed by atoms with Gasteiger partial charge in [0.2, 0.25) is 0 Å². The molecule has 2 aromatic carbocycles. The first kappa shape index (κ1) is 21.2. The van der Waals surface area contributed by atoms with Crippen molar-refractivity contribution >= 4 is 33.2 Å². The van der Waals surface area contributed by atoms with Crippen LogP contribution in [-0.4, -0.2) is 29.9 Å². The van der Waals surface area contributed by atoms with E-state index in [2.05, 4.69) is 21.7 Å². The highest BCUT2D eigenvalue weighted by Gasteiger charge is 2.22. The van der Waals surface area contributed by atoms with Gasteiger partial charge in [-0.3, -0.25) is 14.6 Å². The predicted molar refractivity (Wildman–Crippen MR) is 129 cm³/mol. The number of rotatable bonds is 5. The van der Waals surface area contributed by atoms with Crippen molar-refractivity contribution in [1.29, 1.82) is 0 Å². The van der Waals surface area contributed by atoms with Gasteiger partial charge >= 0.3 is 0 Å². The van der Waals surface area contributed by atoms with Gasteiger partial charge in [-0.15, -0.1) is 11.3 Å². The van der Waals surface area contributed by atoms with E-state index < -0.39 is 0 Å². The standard InChI is InChI=1S/C26H23N3O3S/c1-27-25(30)22-15-21(10-11-28-22)32-20-9-7-16-6-8-19(12-18(16)13-20)29-26(31)24-14-17-4-2-3-5-23(17)33-24/h2-5,7,9-11,13-15,19H,6,8,12H2,1H3,(H,27,30)(H,29,31). The fourth-order valence-corrected chi connectivity index (χ4v) is 5.10. The molecule has 2 amide bonds. The summed E-state index contributed by atoms with van der Waals surface area (Å²) in [4.78, 5) is 29.5. The van der Waals surface area contributed by atoms with Gasteiger partial charge in [0.05, 0.1) is 4.88 Å². The van der Waals surface area contributed by atoms with Crippen molar-refractivity contribution in [3.63, 3.8) is 0 Å². The maximum atomic E-state index is 12.9. The Hall–Kier alpha value is -3.71. The van der Waals surface area contributed by atoms with E-state index in [0.717, 1.165) is 34.2 Å². The van der Waals surface area contributed by atoms with Crippen LogP contribution in [0.1, 0.15) is 37.7 Å². The minimum Gasteiger partial charge on any atom is -0.457 e. The van der Waals surface area contributed by atoms with Crippen molar-refractivity contribution in [3.05, 3.63) is 88.6 Å². The molecular weight excluding hydrogens is 434 g/mol. The van der Waals surface area contributed by atoms with Crippen molar-refractivity contribution < 1.29 is 14.3 Å². The number of ether oxygens (including phenoxy) is 1. The summed E-state index contributed by atoms with van der Waals surface area (Å²) in [5.41, 5.74) is 2.74. The highest BCUT2D eigenvalue weighted by atomic mass is 32.1. The number of nitrogens with zero attached hydrogens (tertiary/aromatic N) is 1. The molecular formula is C26H23N3O3S. The Morgan fingerprint density at radius 3 is 2.70 bits per heavy atom. The number of fused-ring (bicyclic) bond motifs is 2. The number of carbonyl (C=O) groups is 2. The second-order valence-corrected chi connectivity index (χ2v) is 9.13. The topological polar surface area (TPSA) is 80.3 Å². The van der Waals surface area contributed by atoms with Crippen LogP contribution in [0.2, 0.25) is 0 Å². The lowest BCUT2D eigenvalue weighted by Crippen LogP contribution is -2.38. The van der Waals surface area contributed by atoms with Crippen LogP contribution in [-0.2, 0) is 12.8 Å². The molecule has 1 atom stereocenters. The van der Waals surface area contributed by atoms with E-state index >= 15 is 0 Å². The maximum absolute atomic E-state index is 12.9. The van der Waals surface area contributed by atoms with Gasteiger partial charge in [-0.25, -0.2) is 0 Å². The number of amides is 2. The van der Waals surface area contributed by atoms with Crippen molar-refractivity contribution in [3.8, 4) is 11.5 Å². The average molecular weight is 458 g/mol. The number of hydrogen-bond donors (Lipinski definition) is 2. The molecule has 4 aromatic rings. The Kier molecular flexibility index (Phi) is 5.79. The third kappa shape index (κ3) is 4.59. The van der Waals surface area contributed by atoms with Gasteiger partial charge in [0, 0.05) is 30.1 Å². The minimum absolute atomic E-state index is 0.0180. The molecule has 6 nitrogen and oxygen atoms in total. The zero-order chi connectivity index (χ0) is 22.8. The van der Waals surface area contributed by atoms with E-state index in [1.807, 2.05) is 42.5 Å². The van der Waals surface area contributed by atoms with E-state index in [0.29, 0.717) is 17.2 Å². The van der Waals surface area contributed by atoms with E-state index in [9.17, 15) is 9.59 Å². The van der Waals surface area contributed by atoms with Crippen LogP contribution in [0.15, 0.2) is 66.9 Å². The van der Waals surface area contributed by atoms with Crippen LogP contribution in [0.3, 0.4) is 0 Å². The Labute approximate surface area is 195 Å². The summed E-state index contributed by atoms with van der Waals surface area (Å²) in [6.07, 6.45) is 4.12. The number of aryl methyl sites for hydroxylation is 1. The highest BCUT2D eigenvalue weighted by molar-refractivity contribution is 7.20. The Morgan fingerprint density at radius 1 is 1.00 bits per heavy atom. The summed E-state index contributed by atoms with van der Waals surface area (Å²) in [7, 11) is 1.57. The zero-order valence-electron chi connectivity index (χ0n) is 18.1. The second-order valence-electron chi connectivity index (χ2n) is 8.05. The monoisotopic (exact) mass is 457 g/mol. The van der Waals surface area contributed by atoms with Crippen LogP contribution in [0.4, 0.5) is 0 Å². The summed E-state index contributed by atoms with van der Waals surface area (Å²) in [6.45, 7) is 0. The molecule has 0 spiro atoms. The Bertz CT molecular complexity index is 1310. The molecule has 1 aliphatic rings. The van der Waals surface area contributed by atoms with Crippen LogP contribution in [0.5, 0.6) is 11.5 Å². The summed E-state index contributed by atoms with van der Waals surface area (Å²) < 4.78 is 7.11. The molecule has 0 radical (unpaired) electrons. The molecule has 2 aromatic heterocycles. The molecule has 0 bridgehead atoms. The van der Waals surface area contributed by atoms with Gasteiger partial charge < -0.3 is 15.4 Å². The molecule has 5 rings (SSSR count). The first-order valence-electron chi connectivity index (χ1n) is 10.9. The van der Waals surface area contributed by atoms with Gasteiger partial charge in [0.25, 0.3) is 11.8 Å². The van der Waals surface area contributed by atoms with Crippen molar-refractivity contribution in [2.45, 2.75) is 25.3 Å². The number of aromatic nitrogens is 1. The Balaban J connectivity index is 1.28.